The number of pyridine rings is 1. The molecule has 0 aliphatic rings. The molecule has 0 unspecified atom stereocenters. The molecule has 0 saturated carbocycles. The molecule has 1 heterocycles. The Balaban J connectivity index is 2.25. The van der Waals surface area contributed by atoms with E-state index in [0.29, 0.717) is 11.5 Å². The van der Waals surface area contributed by atoms with Crippen LogP contribution in [-0.4, -0.2) is 22.9 Å². The van der Waals surface area contributed by atoms with E-state index in [-0.39, 0.29) is 16.4 Å². The monoisotopic (exact) mass is 306 g/mol. The number of aromatic nitrogens is 1. The van der Waals surface area contributed by atoms with Crippen molar-refractivity contribution in [3.63, 3.8) is 0 Å². The standard InChI is InChI=1S/C13H11ClN4O3/c1-15-11-6-5-10(14)12(17-11)13(19)16-8-3-2-4-9(7-8)18(20)21/h2-7H,1H3,(H,15,17)(H,16,19). The van der Waals surface area contributed by atoms with E-state index < -0.39 is 10.8 Å². The molecule has 0 aliphatic heterocycles. The van der Waals surface area contributed by atoms with Crippen molar-refractivity contribution in [2.45, 2.75) is 0 Å². The average Bonchev–Trinajstić information content (AvgIpc) is 2.48. The first-order chi connectivity index (χ1) is 10.0. The SMILES string of the molecule is CNc1ccc(Cl)c(C(=O)Nc2cccc([N+](=O)[O-])c2)n1. The van der Waals surface area contributed by atoms with Crippen LogP contribution >= 0.6 is 11.6 Å². The normalized spacial score (nSPS) is 10.0. The van der Waals surface area contributed by atoms with Crippen molar-refractivity contribution in [1.29, 1.82) is 0 Å². The minimum absolute atomic E-state index is 0.0371. The second-order valence-corrected chi connectivity index (χ2v) is 4.45. The number of hydrogen-bond acceptors (Lipinski definition) is 5. The fourth-order valence-corrected chi connectivity index (χ4v) is 1.82. The molecular weight excluding hydrogens is 296 g/mol. The highest BCUT2D eigenvalue weighted by molar-refractivity contribution is 6.34. The molecule has 1 aromatic carbocycles. The zero-order valence-electron chi connectivity index (χ0n) is 11.0. The second kappa shape index (κ2) is 6.19. The van der Waals surface area contributed by atoms with Crippen molar-refractivity contribution in [1.82, 2.24) is 4.98 Å². The summed E-state index contributed by atoms with van der Waals surface area (Å²) in [5.41, 5.74) is 0.216. The minimum Gasteiger partial charge on any atom is -0.373 e. The van der Waals surface area contributed by atoms with E-state index >= 15 is 0 Å². The van der Waals surface area contributed by atoms with Crippen molar-refractivity contribution < 1.29 is 9.72 Å². The average molecular weight is 307 g/mol. The van der Waals surface area contributed by atoms with Crippen molar-refractivity contribution in [3.05, 3.63) is 57.2 Å². The summed E-state index contributed by atoms with van der Waals surface area (Å²) in [5, 5.41) is 16.2. The van der Waals surface area contributed by atoms with Crippen LogP contribution in [0.2, 0.25) is 5.02 Å². The molecule has 0 spiro atoms. The Hall–Kier alpha value is -2.67. The topological polar surface area (TPSA) is 97.2 Å². The second-order valence-electron chi connectivity index (χ2n) is 4.04. The lowest BCUT2D eigenvalue weighted by Gasteiger charge is -2.07. The van der Waals surface area contributed by atoms with E-state index in [1.165, 1.54) is 18.2 Å². The molecule has 2 N–H and O–H groups in total. The Labute approximate surface area is 125 Å². The zero-order valence-corrected chi connectivity index (χ0v) is 11.7. The predicted octanol–water partition coefficient (Wildman–Crippen LogP) is 2.94. The first-order valence-electron chi connectivity index (χ1n) is 5.91. The van der Waals surface area contributed by atoms with Crippen molar-refractivity contribution >= 4 is 34.7 Å². The number of nitro benzene ring substituents is 1. The summed E-state index contributed by atoms with van der Waals surface area (Å²) in [4.78, 5) is 26.3. The number of hydrogen-bond donors (Lipinski definition) is 2. The highest BCUT2D eigenvalue weighted by atomic mass is 35.5. The molecule has 0 radical (unpaired) electrons. The summed E-state index contributed by atoms with van der Waals surface area (Å²) in [5.74, 6) is -0.0545. The third kappa shape index (κ3) is 3.46. The number of nitro groups is 1. The van der Waals surface area contributed by atoms with Crippen LogP contribution in [0.1, 0.15) is 10.5 Å². The molecule has 0 aliphatic carbocycles. The van der Waals surface area contributed by atoms with Gasteiger partial charge in [0.15, 0.2) is 0 Å². The van der Waals surface area contributed by atoms with E-state index in [0.717, 1.165) is 0 Å². The highest BCUT2D eigenvalue weighted by Gasteiger charge is 2.14. The maximum Gasteiger partial charge on any atom is 0.275 e. The van der Waals surface area contributed by atoms with Crippen LogP contribution in [0.5, 0.6) is 0 Å². The summed E-state index contributed by atoms with van der Waals surface area (Å²) in [6.07, 6.45) is 0. The van der Waals surface area contributed by atoms with Crippen molar-refractivity contribution in [3.8, 4) is 0 Å². The van der Waals surface area contributed by atoms with Crippen LogP contribution in [0.4, 0.5) is 17.2 Å². The Kier molecular flexibility index (Phi) is 4.34. The molecule has 1 amide bonds. The number of anilines is 2. The number of rotatable bonds is 4. The lowest BCUT2D eigenvalue weighted by Crippen LogP contribution is -2.15. The summed E-state index contributed by atoms with van der Waals surface area (Å²) < 4.78 is 0. The van der Waals surface area contributed by atoms with E-state index in [1.807, 2.05) is 0 Å². The third-order valence-corrected chi connectivity index (χ3v) is 2.94. The number of benzene rings is 1. The summed E-state index contributed by atoms with van der Waals surface area (Å²) in [6.45, 7) is 0. The van der Waals surface area contributed by atoms with Crippen LogP contribution in [0.25, 0.3) is 0 Å². The molecule has 1 aromatic heterocycles. The van der Waals surface area contributed by atoms with E-state index in [4.69, 9.17) is 11.6 Å². The predicted molar refractivity (Wildman–Crippen MR) is 79.8 cm³/mol. The van der Waals surface area contributed by atoms with Gasteiger partial charge in [-0.05, 0) is 18.2 Å². The Bertz CT molecular complexity index is 706. The van der Waals surface area contributed by atoms with Gasteiger partial charge in [0.05, 0.1) is 9.95 Å². The Morgan fingerprint density at radius 3 is 2.76 bits per heavy atom. The molecular formula is C13H11ClN4O3. The number of nitrogens with zero attached hydrogens (tertiary/aromatic N) is 2. The van der Waals surface area contributed by atoms with Crippen LogP contribution in [0.3, 0.4) is 0 Å². The van der Waals surface area contributed by atoms with E-state index in [1.54, 1.807) is 25.2 Å². The Morgan fingerprint density at radius 2 is 2.10 bits per heavy atom. The largest absolute Gasteiger partial charge is 0.373 e. The van der Waals surface area contributed by atoms with Crippen molar-refractivity contribution in [2.24, 2.45) is 0 Å². The number of halogens is 1. The summed E-state index contributed by atoms with van der Waals surface area (Å²) >= 11 is 5.94. The molecule has 8 heteroatoms. The number of carbonyl (C=O) groups excluding carboxylic acids is 1. The smallest absolute Gasteiger partial charge is 0.275 e. The van der Waals surface area contributed by atoms with Gasteiger partial charge >= 0.3 is 0 Å². The number of nitrogens with one attached hydrogen (secondary N) is 2. The van der Waals surface area contributed by atoms with E-state index in [9.17, 15) is 14.9 Å². The van der Waals surface area contributed by atoms with Gasteiger partial charge in [-0.15, -0.1) is 0 Å². The number of carbonyl (C=O) groups is 1. The van der Waals surface area contributed by atoms with Gasteiger partial charge in [-0.3, -0.25) is 14.9 Å². The van der Waals surface area contributed by atoms with Gasteiger partial charge in [0.1, 0.15) is 11.5 Å². The Morgan fingerprint density at radius 1 is 1.33 bits per heavy atom. The lowest BCUT2D eigenvalue weighted by molar-refractivity contribution is -0.384. The molecule has 2 rings (SSSR count). The fourth-order valence-electron chi connectivity index (χ4n) is 1.63. The van der Waals surface area contributed by atoms with Gasteiger partial charge in [-0.25, -0.2) is 4.98 Å². The minimum atomic E-state index is -0.544. The molecule has 0 bridgehead atoms. The summed E-state index contributed by atoms with van der Waals surface area (Å²) in [7, 11) is 1.67. The quantitative estimate of drug-likeness (QED) is 0.668. The third-order valence-electron chi connectivity index (χ3n) is 2.63. The molecule has 0 fully saturated rings. The molecule has 108 valence electrons. The van der Waals surface area contributed by atoms with Gasteiger partial charge in [0, 0.05) is 24.9 Å². The first kappa shape index (κ1) is 14.7. The fraction of sp³-hybridized carbons (Fsp3) is 0.0769. The zero-order chi connectivity index (χ0) is 15.4. The van der Waals surface area contributed by atoms with Crippen LogP contribution in [-0.2, 0) is 0 Å². The molecule has 0 atom stereocenters. The maximum absolute atomic E-state index is 12.1. The molecule has 2 aromatic rings. The van der Waals surface area contributed by atoms with E-state index in [2.05, 4.69) is 15.6 Å². The maximum atomic E-state index is 12.1. The first-order valence-corrected chi connectivity index (χ1v) is 6.29. The van der Waals surface area contributed by atoms with Gasteiger partial charge in [0.2, 0.25) is 0 Å². The molecule has 21 heavy (non-hydrogen) atoms. The molecule has 0 saturated heterocycles. The number of non-ortho nitro benzene ring substituents is 1. The lowest BCUT2D eigenvalue weighted by atomic mass is 10.2. The van der Waals surface area contributed by atoms with Crippen LogP contribution in [0.15, 0.2) is 36.4 Å². The van der Waals surface area contributed by atoms with Gasteiger partial charge in [-0.1, -0.05) is 17.7 Å². The van der Waals surface area contributed by atoms with Crippen LogP contribution < -0.4 is 10.6 Å². The van der Waals surface area contributed by atoms with Gasteiger partial charge in [-0.2, -0.15) is 0 Å². The van der Waals surface area contributed by atoms with Crippen LogP contribution in [0, 0.1) is 10.1 Å². The number of amides is 1. The van der Waals surface area contributed by atoms with Crippen molar-refractivity contribution in [2.75, 3.05) is 17.7 Å². The highest BCUT2D eigenvalue weighted by Crippen LogP contribution is 2.20. The summed E-state index contributed by atoms with van der Waals surface area (Å²) in [6, 6.07) is 8.79. The molecule has 7 nitrogen and oxygen atoms in total. The van der Waals surface area contributed by atoms with Gasteiger partial charge in [0.25, 0.3) is 11.6 Å². The van der Waals surface area contributed by atoms with Gasteiger partial charge < -0.3 is 10.6 Å².